The van der Waals surface area contributed by atoms with Crippen LogP contribution in [0.5, 0.6) is 11.5 Å². The summed E-state index contributed by atoms with van der Waals surface area (Å²) >= 11 is 1.78. The molecule has 0 unspecified atom stereocenters. The predicted molar refractivity (Wildman–Crippen MR) is 115 cm³/mol. The summed E-state index contributed by atoms with van der Waals surface area (Å²) in [6.45, 7) is 0. The molecule has 0 radical (unpaired) electrons. The molecular weight excluding hydrogens is 384 g/mol. The third-order valence-electron chi connectivity index (χ3n) is 5.13. The van der Waals surface area contributed by atoms with Crippen molar-refractivity contribution in [1.29, 1.82) is 0 Å². The Morgan fingerprint density at radius 3 is 2.72 bits per heavy atom. The van der Waals surface area contributed by atoms with Gasteiger partial charge in [-0.1, -0.05) is 0 Å². The SMILES string of the molecule is COc1ccc(Nc2nc(-c3cccnc3)nc3sc4c(c23)CCC4)cc1OC. The van der Waals surface area contributed by atoms with Crippen LogP contribution in [0.15, 0.2) is 42.7 Å². The highest BCUT2D eigenvalue weighted by atomic mass is 32.1. The Morgan fingerprint density at radius 1 is 1.03 bits per heavy atom. The Balaban J connectivity index is 1.65. The molecule has 3 aromatic heterocycles. The van der Waals surface area contributed by atoms with E-state index in [0.717, 1.165) is 40.1 Å². The van der Waals surface area contributed by atoms with E-state index in [1.165, 1.54) is 16.9 Å². The zero-order valence-electron chi connectivity index (χ0n) is 16.2. The molecule has 0 amide bonds. The van der Waals surface area contributed by atoms with Gasteiger partial charge in [0.1, 0.15) is 10.6 Å². The Morgan fingerprint density at radius 2 is 1.93 bits per heavy atom. The van der Waals surface area contributed by atoms with E-state index < -0.39 is 0 Å². The van der Waals surface area contributed by atoms with E-state index in [-0.39, 0.29) is 0 Å². The molecule has 0 bridgehead atoms. The van der Waals surface area contributed by atoms with Crippen LogP contribution >= 0.6 is 11.3 Å². The number of nitrogens with zero attached hydrogens (tertiary/aromatic N) is 3. The highest BCUT2D eigenvalue weighted by Gasteiger charge is 2.23. The maximum atomic E-state index is 5.45. The molecule has 1 N–H and O–H groups in total. The summed E-state index contributed by atoms with van der Waals surface area (Å²) in [7, 11) is 3.27. The number of nitrogens with one attached hydrogen (secondary N) is 1. The minimum absolute atomic E-state index is 0.672. The van der Waals surface area contributed by atoms with Gasteiger partial charge in [0.25, 0.3) is 0 Å². The monoisotopic (exact) mass is 404 g/mol. The first-order valence-electron chi connectivity index (χ1n) is 9.48. The van der Waals surface area contributed by atoms with Crippen LogP contribution in [0.3, 0.4) is 0 Å². The lowest BCUT2D eigenvalue weighted by Crippen LogP contribution is -2.00. The number of thiophene rings is 1. The van der Waals surface area contributed by atoms with Crippen LogP contribution in [0.2, 0.25) is 0 Å². The highest BCUT2D eigenvalue weighted by molar-refractivity contribution is 7.19. The van der Waals surface area contributed by atoms with Gasteiger partial charge >= 0.3 is 0 Å². The number of hydrogen-bond acceptors (Lipinski definition) is 7. The second kappa shape index (κ2) is 7.33. The van der Waals surface area contributed by atoms with E-state index in [9.17, 15) is 0 Å². The molecule has 0 atom stereocenters. The molecule has 7 heteroatoms. The summed E-state index contributed by atoms with van der Waals surface area (Å²) < 4.78 is 10.8. The molecule has 5 rings (SSSR count). The van der Waals surface area contributed by atoms with Crippen molar-refractivity contribution in [1.82, 2.24) is 15.0 Å². The van der Waals surface area contributed by atoms with Crippen LogP contribution in [0.4, 0.5) is 11.5 Å². The molecule has 1 aliphatic rings. The van der Waals surface area contributed by atoms with E-state index in [1.54, 1.807) is 38.0 Å². The summed E-state index contributed by atoms with van der Waals surface area (Å²) in [5, 5.41) is 4.63. The molecular formula is C22H20N4O2S. The van der Waals surface area contributed by atoms with Gasteiger partial charge < -0.3 is 14.8 Å². The zero-order chi connectivity index (χ0) is 19.8. The average molecular weight is 404 g/mol. The summed E-state index contributed by atoms with van der Waals surface area (Å²) in [4.78, 5) is 16.4. The van der Waals surface area contributed by atoms with Gasteiger partial charge in [-0.25, -0.2) is 9.97 Å². The third kappa shape index (κ3) is 3.17. The van der Waals surface area contributed by atoms with Gasteiger partial charge in [-0.05, 0) is 49.1 Å². The molecule has 0 saturated carbocycles. The Labute approximate surface area is 172 Å². The summed E-state index contributed by atoms with van der Waals surface area (Å²) in [6, 6.07) is 9.66. The van der Waals surface area contributed by atoms with Crippen molar-refractivity contribution in [3.63, 3.8) is 0 Å². The Kier molecular flexibility index (Phi) is 4.52. The van der Waals surface area contributed by atoms with Crippen LogP contribution < -0.4 is 14.8 Å². The third-order valence-corrected chi connectivity index (χ3v) is 6.32. The second-order valence-electron chi connectivity index (χ2n) is 6.87. The molecule has 6 nitrogen and oxygen atoms in total. The number of hydrogen-bond donors (Lipinski definition) is 1. The predicted octanol–water partition coefficient (Wildman–Crippen LogP) is 5.00. The van der Waals surface area contributed by atoms with Crippen LogP contribution in [-0.2, 0) is 12.8 Å². The normalized spacial score (nSPS) is 12.8. The zero-order valence-corrected chi connectivity index (χ0v) is 17.0. The molecule has 3 heterocycles. The number of rotatable bonds is 5. The number of methoxy groups -OCH3 is 2. The summed E-state index contributed by atoms with van der Waals surface area (Å²) in [5.74, 6) is 2.86. The first kappa shape index (κ1) is 17.9. The smallest absolute Gasteiger partial charge is 0.164 e. The maximum absolute atomic E-state index is 5.45. The van der Waals surface area contributed by atoms with Crippen LogP contribution in [0.25, 0.3) is 21.6 Å². The second-order valence-corrected chi connectivity index (χ2v) is 7.95. The first-order valence-corrected chi connectivity index (χ1v) is 10.3. The Hall–Kier alpha value is -3.19. The van der Waals surface area contributed by atoms with E-state index in [2.05, 4.69) is 10.3 Å². The largest absolute Gasteiger partial charge is 0.493 e. The number of pyridine rings is 1. The average Bonchev–Trinajstić information content (AvgIpc) is 3.35. The highest BCUT2D eigenvalue weighted by Crippen LogP contribution is 2.41. The van der Waals surface area contributed by atoms with Crippen LogP contribution in [-0.4, -0.2) is 29.2 Å². The topological polar surface area (TPSA) is 69.2 Å². The molecule has 0 spiro atoms. The van der Waals surface area contributed by atoms with Crippen molar-refractivity contribution >= 4 is 33.1 Å². The van der Waals surface area contributed by atoms with Crippen molar-refractivity contribution in [3.05, 3.63) is 53.2 Å². The lowest BCUT2D eigenvalue weighted by atomic mass is 10.1. The van der Waals surface area contributed by atoms with E-state index >= 15 is 0 Å². The minimum Gasteiger partial charge on any atom is -0.493 e. The standard InChI is InChI=1S/C22H20N4O2S/c1-27-16-9-8-14(11-17(16)28-2)24-21-19-15-6-3-7-18(15)29-22(19)26-20(25-21)13-5-4-10-23-12-13/h4-5,8-12H,3,6-7H2,1-2H3,(H,24,25,26). The van der Waals surface area contributed by atoms with Gasteiger partial charge in [0.2, 0.25) is 0 Å². The summed E-state index contributed by atoms with van der Waals surface area (Å²) in [5.41, 5.74) is 3.17. The van der Waals surface area contributed by atoms with Gasteiger partial charge in [0.05, 0.1) is 19.6 Å². The fourth-order valence-corrected chi connectivity index (χ4v) is 5.02. The van der Waals surface area contributed by atoms with E-state index in [0.29, 0.717) is 17.3 Å². The van der Waals surface area contributed by atoms with E-state index in [1.807, 2.05) is 30.3 Å². The van der Waals surface area contributed by atoms with Gasteiger partial charge in [-0.3, -0.25) is 4.98 Å². The van der Waals surface area contributed by atoms with E-state index in [4.69, 9.17) is 19.4 Å². The fourth-order valence-electron chi connectivity index (χ4n) is 3.76. The van der Waals surface area contributed by atoms with Crippen molar-refractivity contribution in [2.24, 2.45) is 0 Å². The van der Waals surface area contributed by atoms with Gasteiger partial charge in [-0.15, -0.1) is 11.3 Å². The molecule has 29 heavy (non-hydrogen) atoms. The Bertz CT molecular complexity index is 1190. The fraction of sp³-hybridized carbons (Fsp3) is 0.227. The van der Waals surface area contributed by atoms with Crippen molar-refractivity contribution in [2.75, 3.05) is 19.5 Å². The molecule has 1 aliphatic carbocycles. The van der Waals surface area contributed by atoms with Crippen molar-refractivity contribution in [2.45, 2.75) is 19.3 Å². The lowest BCUT2D eigenvalue weighted by Gasteiger charge is -2.13. The van der Waals surface area contributed by atoms with Crippen LogP contribution in [0, 0.1) is 0 Å². The van der Waals surface area contributed by atoms with Crippen molar-refractivity contribution in [3.8, 4) is 22.9 Å². The molecule has 0 fully saturated rings. The molecule has 4 aromatic rings. The summed E-state index contributed by atoms with van der Waals surface area (Å²) in [6.07, 6.45) is 6.93. The number of aryl methyl sites for hydroxylation is 2. The minimum atomic E-state index is 0.672. The van der Waals surface area contributed by atoms with Gasteiger partial charge in [0.15, 0.2) is 17.3 Å². The number of anilines is 2. The number of benzene rings is 1. The molecule has 0 aliphatic heterocycles. The molecule has 1 aromatic carbocycles. The lowest BCUT2D eigenvalue weighted by molar-refractivity contribution is 0.355. The quantitative estimate of drug-likeness (QED) is 0.505. The number of ether oxygens (including phenoxy) is 2. The maximum Gasteiger partial charge on any atom is 0.164 e. The number of aromatic nitrogens is 3. The first-order chi connectivity index (χ1) is 14.3. The van der Waals surface area contributed by atoms with Crippen molar-refractivity contribution < 1.29 is 9.47 Å². The molecule has 0 saturated heterocycles. The van der Waals surface area contributed by atoms with Crippen LogP contribution in [0.1, 0.15) is 16.9 Å². The number of fused-ring (bicyclic) bond motifs is 3. The van der Waals surface area contributed by atoms with Gasteiger partial charge in [0, 0.05) is 34.6 Å². The molecule has 146 valence electrons. The van der Waals surface area contributed by atoms with Gasteiger partial charge in [-0.2, -0.15) is 0 Å².